The monoisotopic (exact) mass is 534 g/mol. The summed E-state index contributed by atoms with van der Waals surface area (Å²) in [5, 5.41) is -2.80. The summed E-state index contributed by atoms with van der Waals surface area (Å²) in [7, 11) is -4.51. The molecule has 2 unspecified atom stereocenters. The highest BCUT2D eigenvalue weighted by atomic mass is 35.5. The van der Waals surface area contributed by atoms with Crippen LogP contribution >= 0.6 is 11.6 Å². The first kappa shape index (κ1) is 24.9. The van der Waals surface area contributed by atoms with Gasteiger partial charge in [-0.15, -0.1) is 0 Å². The fraction of sp³-hybridized carbons (Fsp3) is 0.346. The number of fused-ring (bicyclic) bond motifs is 1. The van der Waals surface area contributed by atoms with Crippen LogP contribution in [0, 0.1) is 0 Å². The summed E-state index contributed by atoms with van der Waals surface area (Å²) in [4.78, 5) is 17.2. The van der Waals surface area contributed by atoms with Crippen LogP contribution in [0.1, 0.15) is 16.7 Å². The van der Waals surface area contributed by atoms with E-state index in [1.807, 2.05) is 6.07 Å². The van der Waals surface area contributed by atoms with Gasteiger partial charge in [0, 0.05) is 32.4 Å². The Labute approximate surface area is 213 Å². The number of sulfone groups is 1. The van der Waals surface area contributed by atoms with E-state index in [0.717, 1.165) is 16.8 Å². The quantitative estimate of drug-likeness (QED) is 0.591. The third kappa shape index (κ3) is 4.23. The van der Waals surface area contributed by atoms with E-state index in [1.54, 1.807) is 36.4 Å². The molecule has 10 heteroatoms. The molecule has 1 aliphatic carbocycles. The minimum Gasteiger partial charge on any atom is -0.378 e. The van der Waals surface area contributed by atoms with Crippen LogP contribution in [0.5, 0.6) is 0 Å². The number of hydrogen-bond donors (Lipinski definition) is 0. The average molecular weight is 535 g/mol. The molecule has 36 heavy (non-hydrogen) atoms. The lowest BCUT2D eigenvalue weighted by Crippen LogP contribution is -2.47. The van der Waals surface area contributed by atoms with Crippen molar-refractivity contribution in [3.8, 4) is 0 Å². The van der Waals surface area contributed by atoms with E-state index >= 15 is 8.78 Å². The molecule has 2 aliphatic heterocycles. The number of halogens is 3. The van der Waals surface area contributed by atoms with Crippen molar-refractivity contribution in [1.29, 1.82) is 0 Å². The molecule has 2 heterocycles. The maximum absolute atomic E-state index is 15.8. The maximum Gasteiger partial charge on any atom is 0.263 e. The van der Waals surface area contributed by atoms with Crippen molar-refractivity contribution in [2.75, 3.05) is 37.5 Å². The number of nitrogens with zero attached hydrogens (tertiary/aromatic N) is 2. The molecule has 1 amide bonds. The van der Waals surface area contributed by atoms with Gasteiger partial charge in [0.05, 0.1) is 29.5 Å². The SMILES string of the molecule is CS(=O)(=O)C1(F)C=CC(c2ccccc2)=C(C(=O)N2Cc3cc(Cl)c(N4CCOCC4)cc3C2)C1F. The Bertz CT molecular complexity index is 1370. The molecule has 2 aromatic carbocycles. The van der Waals surface area contributed by atoms with Gasteiger partial charge >= 0.3 is 0 Å². The number of alkyl halides is 2. The van der Waals surface area contributed by atoms with Crippen LogP contribution in [0.2, 0.25) is 5.02 Å². The van der Waals surface area contributed by atoms with Crippen molar-refractivity contribution >= 4 is 38.6 Å². The first-order valence-electron chi connectivity index (χ1n) is 11.5. The number of amides is 1. The predicted molar refractivity (Wildman–Crippen MR) is 135 cm³/mol. The Hall–Kier alpha value is -2.75. The second-order valence-electron chi connectivity index (χ2n) is 9.19. The van der Waals surface area contributed by atoms with Crippen LogP contribution in [-0.2, 0) is 32.5 Å². The Morgan fingerprint density at radius 1 is 1.11 bits per heavy atom. The van der Waals surface area contributed by atoms with E-state index in [9.17, 15) is 13.2 Å². The first-order valence-corrected chi connectivity index (χ1v) is 13.8. The summed E-state index contributed by atoms with van der Waals surface area (Å²) in [6.45, 7) is 2.87. The van der Waals surface area contributed by atoms with Crippen molar-refractivity contribution < 1.29 is 26.7 Å². The molecule has 1 fully saturated rings. The van der Waals surface area contributed by atoms with E-state index in [0.29, 0.717) is 49.2 Å². The number of carbonyl (C=O) groups is 1. The molecule has 3 aliphatic rings. The van der Waals surface area contributed by atoms with Gasteiger partial charge in [-0.1, -0.05) is 48.0 Å². The molecule has 6 nitrogen and oxygen atoms in total. The molecule has 0 spiro atoms. The van der Waals surface area contributed by atoms with Crippen molar-refractivity contribution in [2.45, 2.75) is 24.3 Å². The smallest absolute Gasteiger partial charge is 0.263 e. The lowest BCUT2D eigenvalue weighted by molar-refractivity contribution is -0.128. The zero-order chi connectivity index (χ0) is 25.7. The highest BCUT2D eigenvalue weighted by molar-refractivity contribution is 7.92. The van der Waals surface area contributed by atoms with Gasteiger partial charge in [-0.3, -0.25) is 4.79 Å². The van der Waals surface area contributed by atoms with Gasteiger partial charge in [-0.2, -0.15) is 0 Å². The van der Waals surface area contributed by atoms with Gasteiger partial charge in [0.15, 0.2) is 16.0 Å². The van der Waals surface area contributed by atoms with E-state index in [-0.39, 0.29) is 18.7 Å². The number of hydrogen-bond acceptors (Lipinski definition) is 5. The summed E-state index contributed by atoms with van der Waals surface area (Å²) in [5.74, 6) is -0.753. The number of allylic oxidation sites excluding steroid dienone is 2. The van der Waals surface area contributed by atoms with Gasteiger partial charge in [0.2, 0.25) is 0 Å². The van der Waals surface area contributed by atoms with E-state index < -0.39 is 32.5 Å². The van der Waals surface area contributed by atoms with Crippen molar-refractivity contribution in [3.63, 3.8) is 0 Å². The van der Waals surface area contributed by atoms with Crippen LogP contribution in [0.25, 0.3) is 5.57 Å². The fourth-order valence-electron chi connectivity index (χ4n) is 4.88. The third-order valence-corrected chi connectivity index (χ3v) is 8.66. The fourth-order valence-corrected chi connectivity index (χ4v) is 5.99. The largest absolute Gasteiger partial charge is 0.378 e. The Morgan fingerprint density at radius 2 is 1.75 bits per heavy atom. The number of morpholine rings is 1. The molecular formula is C26H25ClF2N2O4S. The summed E-state index contributed by atoms with van der Waals surface area (Å²) in [6.07, 6.45) is -0.174. The molecular weight excluding hydrogens is 510 g/mol. The molecule has 0 radical (unpaired) electrons. The van der Waals surface area contributed by atoms with E-state index in [1.165, 1.54) is 11.0 Å². The predicted octanol–water partition coefficient (Wildman–Crippen LogP) is 4.09. The number of rotatable bonds is 4. The van der Waals surface area contributed by atoms with Gasteiger partial charge < -0.3 is 14.5 Å². The minimum atomic E-state index is -4.51. The molecule has 190 valence electrons. The van der Waals surface area contributed by atoms with Crippen molar-refractivity contribution in [3.05, 3.63) is 81.9 Å². The average Bonchev–Trinajstić information content (AvgIpc) is 3.28. The van der Waals surface area contributed by atoms with Crippen molar-refractivity contribution in [2.24, 2.45) is 0 Å². The third-order valence-electron chi connectivity index (χ3n) is 6.88. The molecule has 2 atom stereocenters. The summed E-state index contributed by atoms with van der Waals surface area (Å²) in [5.41, 5.74) is 2.64. The van der Waals surface area contributed by atoms with Gasteiger partial charge in [-0.05, 0) is 40.5 Å². The van der Waals surface area contributed by atoms with Gasteiger partial charge in [-0.25, -0.2) is 17.2 Å². The molecule has 0 bridgehead atoms. The first-order chi connectivity index (χ1) is 17.1. The zero-order valence-corrected chi connectivity index (χ0v) is 21.2. The van der Waals surface area contributed by atoms with E-state index in [2.05, 4.69) is 4.90 Å². The molecule has 1 saturated heterocycles. The molecule has 2 aromatic rings. The second-order valence-corrected chi connectivity index (χ2v) is 11.8. The Morgan fingerprint density at radius 3 is 2.39 bits per heavy atom. The number of ether oxygens (including phenoxy) is 1. The van der Waals surface area contributed by atoms with Crippen molar-refractivity contribution in [1.82, 2.24) is 4.90 Å². The van der Waals surface area contributed by atoms with Crippen LogP contribution < -0.4 is 4.90 Å². The zero-order valence-electron chi connectivity index (χ0n) is 19.6. The summed E-state index contributed by atoms with van der Waals surface area (Å²) < 4.78 is 61.2. The van der Waals surface area contributed by atoms with Gasteiger partial charge in [0.1, 0.15) is 0 Å². The Balaban J connectivity index is 1.51. The highest BCUT2D eigenvalue weighted by Crippen LogP contribution is 2.42. The maximum atomic E-state index is 15.8. The number of benzene rings is 2. The lowest BCUT2D eigenvalue weighted by Gasteiger charge is -2.32. The summed E-state index contributed by atoms with van der Waals surface area (Å²) in [6, 6.07) is 12.2. The number of carbonyl (C=O) groups excluding carboxylic acids is 1. The molecule has 0 saturated carbocycles. The summed E-state index contributed by atoms with van der Waals surface area (Å²) >= 11 is 6.55. The van der Waals surface area contributed by atoms with Crippen LogP contribution in [0.3, 0.4) is 0 Å². The minimum absolute atomic E-state index is 0.150. The van der Waals surface area contributed by atoms with Gasteiger partial charge in [0.25, 0.3) is 10.9 Å². The Kier molecular flexibility index (Phi) is 6.43. The van der Waals surface area contributed by atoms with Crippen LogP contribution in [0.4, 0.5) is 14.5 Å². The van der Waals surface area contributed by atoms with E-state index in [4.69, 9.17) is 16.3 Å². The molecule has 0 N–H and O–H groups in total. The molecule has 0 aromatic heterocycles. The van der Waals surface area contributed by atoms with Crippen LogP contribution in [-0.4, -0.2) is 63.0 Å². The highest BCUT2D eigenvalue weighted by Gasteiger charge is 2.53. The topological polar surface area (TPSA) is 66.9 Å². The number of anilines is 1. The normalized spacial score (nSPS) is 24.3. The standard InChI is InChI=1S/C26H25ClF2N2O4S/c1-36(33,34)26(29)8-7-20(17-5-3-2-4-6-17)23(24(26)28)25(32)31-15-18-13-21(27)22(14-19(18)16-31)30-9-11-35-12-10-30/h2-8,13-14,24H,9-12,15-16H2,1H3. The lowest BCUT2D eigenvalue weighted by atomic mass is 9.89. The molecule has 5 rings (SSSR count). The van der Waals surface area contributed by atoms with Crippen LogP contribution in [0.15, 0.2) is 60.2 Å². The second kappa shape index (κ2) is 9.28.